The molecule has 7 aromatic rings. The summed E-state index contributed by atoms with van der Waals surface area (Å²) in [6.45, 7) is 4.55. The van der Waals surface area contributed by atoms with Crippen LogP contribution in [0.5, 0.6) is 0 Å². The van der Waals surface area contributed by atoms with Gasteiger partial charge in [-0.3, -0.25) is 14.2 Å². The molecule has 0 radical (unpaired) electrons. The molecule has 1 unspecified atom stereocenters. The largest absolute Gasteiger partial charge is 0.312 e. The zero-order valence-electron chi connectivity index (χ0n) is 23.4. The van der Waals surface area contributed by atoms with Crippen molar-refractivity contribution in [3.8, 4) is 0 Å². The van der Waals surface area contributed by atoms with Crippen LogP contribution in [-0.2, 0) is 0 Å². The predicted molar refractivity (Wildman–Crippen MR) is 172 cm³/mol. The number of dihydropyridines is 1. The lowest BCUT2D eigenvalue weighted by Crippen LogP contribution is -2.30. The lowest BCUT2D eigenvalue weighted by atomic mass is 9.75. The highest BCUT2D eigenvalue weighted by Crippen LogP contribution is 2.50. The number of hydrogen-bond acceptors (Lipinski definition) is 3. The van der Waals surface area contributed by atoms with E-state index in [0.29, 0.717) is 16.6 Å². The third-order valence-corrected chi connectivity index (χ3v) is 8.64. The Morgan fingerprint density at radius 3 is 2.17 bits per heavy atom. The van der Waals surface area contributed by atoms with Gasteiger partial charge < -0.3 is 4.57 Å². The Morgan fingerprint density at radius 1 is 0.714 bits per heavy atom. The molecule has 4 aromatic carbocycles. The molecule has 3 aromatic heterocycles. The molecule has 0 fully saturated rings. The molecule has 0 bridgehead atoms. The van der Waals surface area contributed by atoms with Crippen LogP contribution >= 0.6 is 0 Å². The number of hydrogen-bond donors (Lipinski definition) is 0. The number of nitrogens with zero attached hydrogens (tertiary/aromatic N) is 4. The second-order valence-corrected chi connectivity index (χ2v) is 11.5. The van der Waals surface area contributed by atoms with E-state index in [0.717, 1.165) is 38.8 Å². The van der Waals surface area contributed by atoms with Crippen molar-refractivity contribution in [3.63, 3.8) is 0 Å². The van der Waals surface area contributed by atoms with E-state index in [9.17, 15) is 4.79 Å². The van der Waals surface area contributed by atoms with Gasteiger partial charge in [-0.05, 0) is 41.5 Å². The van der Waals surface area contributed by atoms with Gasteiger partial charge in [-0.1, -0.05) is 105 Å². The summed E-state index contributed by atoms with van der Waals surface area (Å²) < 4.78 is 4.05. The molecule has 8 rings (SSSR count). The third kappa shape index (κ3) is 3.53. The van der Waals surface area contributed by atoms with E-state index in [1.54, 1.807) is 4.40 Å². The number of aromatic nitrogens is 3. The van der Waals surface area contributed by atoms with Crippen LogP contribution in [-0.4, -0.2) is 19.7 Å². The maximum atomic E-state index is 13.6. The van der Waals surface area contributed by atoms with Gasteiger partial charge in [0.1, 0.15) is 5.65 Å². The molecule has 4 heterocycles. The first kappa shape index (κ1) is 24.5. The Balaban J connectivity index is 1.48. The Morgan fingerprint density at radius 2 is 1.38 bits per heavy atom. The van der Waals surface area contributed by atoms with Crippen LogP contribution in [0.3, 0.4) is 0 Å². The van der Waals surface area contributed by atoms with E-state index in [1.807, 2.05) is 36.5 Å². The average molecular weight is 545 g/mol. The highest BCUT2D eigenvalue weighted by atomic mass is 16.1. The molecule has 0 spiro atoms. The molecule has 0 N–H and O–H groups in total. The third-order valence-electron chi connectivity index (χ3n) is 8.64. The monoisotopic (exact) mass is 544 g/mol. The molecule has 42 heavy (non-hydrogen) atoms. The SMILES string of the molecule is CC1(C)C(n2c3ccccc3c3c2ccn2c(=O)c4ccccc4nc32)=CC(c2ccccc2)=NC1c1ccccc1. The highest BCUT2D eigenvalue weighted by Gasteiger charge is 2.39. The van der Waals surface area contributed by atoms with Gasteiger partial charge in [-0.15, -0.1) is 0 Å². The summed E-state index contributed by atoms with van der Waals surface area (Å²) in [5.74, 6) is 0. The van der Waals surface area contributed by atoms with Gasteiger partial charge in [-0.2, -0.15) is 0 Å². The van der Waals surface area contributed by atoms with Crippen LogP contribution in [0.4, 0.5) is 0 Å². The first-order valence-electron chi connectivity index (χ1n) is 14.3. The second-order valence-electron chi connectivity index (χ2n) is 11.5. The molecule has 1 aliphatic rings. The maximum absolute atomic E-state index is 13.6. The first-order valence-corrected chi connectivity index (χ1v) is 14.3. The normalized spacial score (nSPS) is 16.7. The lowest BCUT2D eigenvalue weighted by Gasteiger charge is -2.39. The molecule has 5 heteroatoms. The van der Waals surface area contributed by atoms with Crippen molar-refractivity contribution >= 4 is 49.8 Å². The van der Waals surface area contributed by atoms with Crippen LogP contribution in [0.25, 0.3) is 44.1 Å². The fourth-order valence-corrected chi connectivity index (χ4v) is 6.56. The summed E-state index contributed by atoms with van der Waals surface area (Å²) in [5.41, 5.74) is 7.37. The second kappa shape index (κ2) is 9.11. The number of aliphatic imine (C=N–C) groups is 1. The van der Waals surface area contributed by atoms with Gasteiger partial charge in [0.2, 0.25) is 0 Å². The molecule has 1 aliphatic heterocycles. The Bertz CT molecular complexity index is 2290. The maximum Gasteiger partial charge on any atom is 0.265 e. The molecule has 5 nitrogen and oxygen atoms in total. The lowest BCUT2D eigenvalue weighted by molar-refractivity contribution is 0.383. The van der Waals surface area contributed by atoms with E-state index in [1.165, 1.54) is 5.56 Å². The van der Waals surface area contributed by atoms with E-state index in [2.05, 4.69) is 109 Å². The smallest absolute Gasteiger partial charge is 0.265 e. The van der Waals surface area contributed by atoms with Gasteiger partial charge in [0, 0.05) is 22.7 Å². The van der Waals surface area contributed by atoms with Gasteiger partial charge in [0.15, 0.2) is 0 Å². The average Bonchev–Trinajstić information content (AvgIpc) is 3.36. The van der Waals surface area contributed by atoms with E-state index >= 15 is 0 Å². The quantitative estimate of drug-likeness (QED) is 0.211. The van der Waals surface area contributed by atoms with Gasteiger partial charge in [0.05, 0.1) is 39.1 Å². The number of pyridine rings is 1. The number of allylic oxidation sites excluding steroid dienone is 1. The summed E-state index contributed by atoms with van der Waals surface area (Å²) in [6.07, 6.45) is 4.11. The molecule has 0 amide bonds. The van der Waals surface area contributed by atoms with Crippen molar-refractivity contribution in [1.29, 1.82) is 0 Å². The highest BCUT2D eigenvalue weighted by molar-refractivity contribution is 6.18. The van der Waals surface area contributed by atoms with Crippen molar-refractivity contribution in [2.75, 3.05) is 0 Å². The number of benzene rings is 4. The van der Waals surface area contributed by atoms with Crippen LogP contribution < -0.4 is 5.56 Å². The molecule has 1 atom stereocenters. The van der Waals surface area contributed by atoms with Crippen molar-refractivity contribution in [3.05, 3.63) is 149 Å². The topological polar surface area (TPSA) is 51.7 Å². The van der Waals surface area contributed by atoms with Gasteiger partial charge in [-0.25, -0.2) is 4.98 Å². The standard InChI is InChI=1S/C37H28N4O/c1-37(2)32(23-29(24-13-5-3-6-14-24)38-34(37)25-15-7-4-8-16-25)41-30-20-12-10-18-27(30)33-31(41)21-22-40-35(33)39-28-19-11-9-17-26(28)36(40)42/h3-23,34H,1-2H3. The zero-order valence-corrected chi connectivity index (χ0v) is 23.4. The Hall–Kier alpha value is -5.29. The van der Waals surface area contributed by atoms with E-state index in [-0.39, 0.29) is 17.0 Å². The number of rotatable bonds is 3. The molecule has 202 valence electrons. The van der Waals surface area contributed by atoms with Crippen molar-refractivity contribution < 1.29 is 0 Å². The summed E-state index contributed by atoms with van der Waals surface area (Å²) >= 11 is 0. The van der Waals surface area contributed by atoms with Gasteiger partial charge >= 0.3 is 0 Å². The minimum atomic E-state index is -0.364. The number of fused-ring (bicyclic) bond motifs is 6. The number of para-hydroxylation sites is 2. The first-order chi connectivity index (χ1) is 20.5. The minimum Gasteiger partial charge on any atom is -0.312 e. The van der Waals surface area contributed by atoms with E-state index in [4.69, 9.17) is 9.98 Å². The fraction of sp³-hybridized carbons (Fsp3) is 0.108. The Kier molecular flexibility index (Phi) is 5.32. The van der Waals surface area contributed by atoms with Crippen molar-refractivity contribution in [1.82, 2.24) is 14.0 Å². The fourth-order valence-electron chi connectivity index (χ4n) is 6.56. The molecule has 0 aliphatic carbocycles. The molecule has 0 saturated carbocycles. The summed E-state index contributed by atoms with van der Waals surface area (Å²) in [6, 6.07) is 38.9. The van der Waals surface area contributed by atoms with Crippen LogP contribution in [0, 0.1) is 5.41 Å². The van der Waals surface area contributed by atoms with Crippen LogP contribution in [0.2, 0.25) is 0 Å². The molecule has 0 saturated heterocycles. The predicted octanol–water partition coefficient (Wildman–Crippen LogP) is 8.07. The molecular formula is C37H28N4O. The zero-order chi connectivity index (χ0) is 28.4. The molecular weight excluding hydrogens is 516 g/mol. The van der Waals surface area contributed by atoms with Crippen molar-refractivity contribution in [2.45, 2.75) is 19.9 Å². The van der Waals surface area contributed by atoms with Crippen LogP contribution in [0.15, 0.2) is 137 Å². The summed E-state index contributed by atoms with van der Waals surface area (Å²) in [4.78, 5) is 24.0. The minimum absolute atomic E-state index is 0.0609. The van der Waals surface area contributed by atoms with Gasteiger partial charge in [0.25, 0.3) is 5.56 Å². The Labute approximate surface area is 242 Å². The van der Waals surface area contributed by atoms with E-state index < -0.39 is 0 Å². The van der Waals surface area contributed by atoms with Crippen molar-refractivity contribution in [2.24, 2.45) is 10.4 Å². The summed E-state index contributed by atoms with van der Waals surface area (Å²) in [7, 11) is 0. The summed E-state index contributed by atoms with van der Waals surface area (Å²) in [5, 5.41) is 2.64. The van der Waals surface area contributed by atoms with Crippen LogP contribution in [0.1, 0.15) is 31.0 Å².